The van der Waals surface area contributed by atoms with Gasteiger partial charge in [-0.05, 0) is 42.3 Å². The highest BCUT2D eigenvalue weighted by molar-refractivity contribution is 6.32. The molecule has 0 aliphatic heterocycles. The van der Waals surface area contributed by atoms with Gasteiger partial charge in [0.05, 0.1) is 5.02 Å². The van der Waals surface area contributed by atoms with E-state index in [1.54, 1.807) is 12.1 Å². The lowest BCUT2D eigenvalue weighted by atomic mass is 10.1. The van der Waals surface area contributed by atoms with Crippen molar-refractivity contribution in [3.8, 4) is 5.75 Å². The Bertz CT molecular complexity index is 1350. The highest BCUT2D eigenvalue weighted by Crippen LogP contribution is 2.34. The maximum Gasteiger partial charge on any atom is 0.339 e. The zero-order chi connectivity index (χ0) is 20.7. The Morgan fingerprint density at radius 2 is 1.83 bits per heavy atom. The van der Waals surface area contributed by atoms with Gasteiger partial charge >= 0.3 is 5.63 Å². The van der Waals surface area contributed by atoms with Crippen LogP contribution in [0.3, 0.4) is 0 Å². The fourth-order valence-corrected chi connectivity index (χ4v) is 4.28. The third-order valence-electron chi connectivity index (χ3n) is 5.45. The Hall–Kier alpha value is -3.31. The number of nitrogens with one attached hydrogen (secondary N) is 1. The molecule has 150 valence electrons. The fraction of sp³-hybridized carbons (Fsp3) is 0.167. The molecule has 1 aliphatic rings. The van der Waals surface area contributed by atoms with Gasteiger partial charge in [-0.2, -0.15) is 0 Å². The monoisotopic (exact) mass is 419 g/mol. The van der Waals surface area contributed by atoms with E-state index in [4.69, 9.17) is 20.8 Å². The van der Waals surface area contributed by atoms with Crippen LogP contribution in [0.15, 0.2) is 63.8 Å². The standard InChI is InChI=1S/C24H18ClNO4/c25-19-11-18-16-8-4-9-17(16)24(28)30-21(18)12-22(19)29-13-23(27)26-20-10-3-6-14-5-1-2-7-15(14)20/h1-3,5-7,10-12H,4,8-9,13H2,(H,26,27). The van der Waals surface area contributed by atoms with E-state index < -0.39 is 0 Å². The molecular formula is C24H18ClNO4. The molecule has 4 aromatic rings. The molecular weight excluding hydrogens is 402 g/mol. The summed E-state index contributed by atoms with van der Waals surface area (Å²) in [6.45, 7) is -0.219. The van der Waals surface area contributed by atoms with Crippen molar-refractivity contribution in [1.82, 2.24) is 0 Å². The van der Waals surface area contributed by atoms with Gasteiger partial charge in [0.15, 0.2) is 6.61 Å². The van der Waals surface area contributed by atoms with E-state index in [1.165, 1.54) is 0 Å². The number of benzene rings is 3. The van der Waals surface area contributed by atoms with E-state index in [-0.39, 0.29) is 18.1 Å². The van der Waals surface area contributed by atoms with Crippen molar-refractivity contribution in [3.63, 3.8) is 0 Å². The normalized spacial score (nSPS) is 12.8. The summed E-state index contributed by atoms with van der Waals surface area (Å²) in [6.07, 6.45) is 2.50. The van der Waals surface area contributed by atoms with E-state index in [2.05, 4.69) is 5.32 Å². The minimum Gasteiger partial charge on any atom is -0.482 e. The first-order valence-electron chi connectivity index (χ1n) is 9.79. The summed E-state index contributed by atoms with van der Waals surface area (Å²) in [5, 5.41) is 6.08. The predicted molar refractivity (Wildman–Crippen MR) is 118 cm³/mol. The zero-order valence-corrected chi connectivity index (χ0v) is 16.8. The van der Waals surface area contributed by atoms with Crippen LogP contribution in [0.4, 0.5) is 5.69 Å². The number of amides is 1. The number of aryl methyl sites for hydroxylation is 1. The molecule has 0 atom stereocenters. The molecule has 1 amide bonds. The van der Waals surface area contributed by atoms with E-state index in [1.807, 2.05) is 42.5 Å². The SMILES string of the molecule is O=C(COc1cc2oc(=O)c3c(c2cc1Cl)CCC3)Nc1cccc2ccccc12. The minimum atomic E-state index is -0.308. The smallest absolute Gasteiger partial charge is 0.339 e. The molecule has 0 fully saturated rings. The Morgan fingerprint density at radius 1 is 1.03 bits per heavy atom. The summed E-state index contributed by atoms with van der Waals surface area (Å²) >= 11 is 6.39. The third kappa shape index (κ3) is 3.31. The quantitative estimate of drug-likeness (QED) is 0.467. The molecule has 30 heavy (non-hydrogen) atoms. The van der Waals surface area contributed by atoms with Gasteiger partial charge in [-0.3, -0.25) is 4.79 Å². The lowest BCUT2D eigenvalue weighted by Crippen LogP contribution is -2.20. The number of carbonyl (C=O) groups is 1. The van der Waals surface area contributed by atoms with Crippen molar-refractivity contribution in [1.29, 1.82) is 0 Å². The number of ether oxygens (including phenoxy) is 1. The van der Waals surface area contributed by atoms with E-state index >= 15 is 0 Å². The number of fused-ring (bicyclic) bond motifs is 4. The van der Waals surface area contributed by atoms with Crippen LogP contribution < -0.4 is 15.7 Å². The largest absolute Gasteiger partial charge is 0.482 e. The average molecular weight is 420 g/mol. The summed E-state index contributed by atoms with van der Waals surface area (Å²) in [7, 11) is 0. The third-order valence-corrected chi connectivity index (χ3v) is 5.74. The molecule has 0 unspecified atom stereocenters. The van der Waals surface area contributed by atoms with Crippen molar-refractivity contribution in [3.05, 3.63) is 81.2 Å². The molecule has 1 aliphatic carbocycles. The molecule has 1 N–H and O–H groups in total. The first-order chi connectivity index (χ1) is 14.6. The Labute approximate surface area is 177 Å². The lowest BCUT2D eigenvalue weighted by Gasteiger charge is -2.12. The van der Waals surface area contributed by atoms with Crippen LogP contribution in [0.1, 0.15) is 17.5 Å². The highest BCUT2D eigenvalue weighted by atomic mass is 35.5. The van der Waals surface area contributed by atoms with Gasteiger partial charge in [0.1, 0.15) is 11.3 Å². The van der Waals surface area contributed by atoms with Gasteiger partial charge in [0, 0.05) is 28.1 Å². The van der Waals surface area contributed by atoms with Crippen molar-refractivity contribution in [2.24, 2.45) is 0 Å². The molecule has 0 saturated heterocycles. The predicted octanol–water partition coefficient (Wildman–Crippen LogP) is 5.11. The molecule has 1 heterocycles. The molecule has 0 spiro atoms. The fourth-order valence-electron chi connectivity index (χ4n) is 4.06. The van der Waals surface area contributed by atoms with E-state index in [9.17, 15) is 9.59 Å². The topological polar surface area (TPSA) is 68.5 Å². The summed E-state index contributed by atoms with van der Waals surface area (Å²) in [5.74, 6) is -0.00347. The average Bonchev–Trinajstić information content (AvgIpc) is 3.24. The summed E-state index contributed by atoms with van der Waals surface area (Å²) in [4.78, 5) is 24.7. The van der Waals surface area contributed by atoms with Crippen LogP contribution >= 0.6 is 11.6 Å². The van der Waals surface area contributed by atoms with Crippen LogP contribution in [0, 0.1) is 0 Å². The van der Waals surface area contributed by atoms with Crippen molar-refractivity contribution in [2.75, 3.05) is 11.9 Å². The second kappa shape index (κ2) is 7.50. The molecule has 0 radical (unpaired) electrons. The maximum absolute atomic E-state index is 12.5. The molecule has 0 saturated carbocycles. The highest BCUT2D eigenvalue weighted by Gasteiger charge is 2.21. The van der Waals surface area contributed by atoms with Gasteiger partial charge in [0.25, 0.3) is 5.91 Å². The van der Waals surface area contributed by atoms with Crippen molar-refractivity contribution < 1.29 is 13.9 Å². The summed E-state index contributed by atoms with van der Waals surface area (Å²) in [5.41, 5.74) is 2.57. The summed E-state index contributed by atoms with van der Waals surface area (Å²) < 4.78 is 11.1. The Morgan fingerprint density at radius 3 is 2.73 bits per heavy atom. The van der Waals surface area contributed by atoms with Crippen molar-refractivity contribution >= 4 is 44.9 Å². The number of rotatable bonds is 4. The van der Waals surface area contributed by atoms with E-state index in [0.29, 0.717) is 22.0 Å². The molecule has 5 rings (SSSR count). The number of hydrogen-bond donors (Lipinski definition) is 1. The van der Waals surface area contributed by atoms with Crippen LogP contribution in [0.5, 0.6) is 5.75 Å². The lowest BCUT2D eigenvalue weighted by molar-refractivity contribution is -0.118. The van der Waals surface area contributed by atoms with Crippen LogP contribution in [-0.4, -0.2) is 12.5 Å². The van der Waals surface area contributed by atoms with Crippen molar-refractivity contribution in [2.45, 2.75) is 19.3 Å². The number of hydrogen-bond acceptors (Lipinski definition) is 4. The Kier molecular flexibility index (Phi) is 4.68. The first kappa shape index (κ1) is 18.7. The van der Waals surface area contributed by atoms with Gasteiger partial charge in [0.2, 0.25) is 0 Å². The molecule has 3 aromatic carbocycles. The molecule has 5 nitrogen and oxygen atoms in total. The second-order valence-electron chi connectivity index (χ2n) is 7.34. The molecule has 1 aromatic heterocycles. The van der Waals surface area contributed by atoms with E-state index in [0.717, 1.165) is 46.5 Å². The number of halogens is 1. The van der Waals surface area contributed by atoms with Crippen LogP contribution in [0.2, 0.25) is 5.02 Å². The molecule has 0 bridgehead atoms. The van der Waals surface area contributed by atoms with Gasteiger partial charge in [-0.25, -0.2) is 4.79 Å². The number of carbonyl (C=O) groups excluding carboxylic acids is 1. The Balaban J connectivity index is 1.37. The van der Waals surface area contributed by atoms with Gasteiger partial charge in [-0.15, -0.1) is 0 Å². The zero-order valence-electron chi connectivity index (χ0n) is 16.0. The molecule has 6 heteroatoms. The maximum atomic E-state index is 12.5. The minimum absolute atomic E-state index is 0.219. The summed E-state index contributed by atoms with van der Waals surface area (Å²) in [6, 6.07) is 16.9. The van der Waals surface area contributed by atoms with Crippen LogP contribution in [0.25, 0.3) is 21.7 Å². The first-order valence-corrected chi connectivity index (χ1v) is 10.2. The van der Waals surface area contributed by atoms with Gasteiger partial charge in [-0.1, -0.05) is 48.0 Å². The van der Waals surface area contributed by atoms with Crippen LogP contribution in [-0.2, 0) is 17.6 Å². The second-order valence-corrected chi connectivity index (χ2v) is 7.75. The number of anilines is 1. The van der Waals surface area contributed by atoms with Gasteiger partial charge < -0.3 is 14.5 Å².